The molecule has 2 rings (SSSR count). The number of thioether (sulfide) groups is 1. The number of hydrogen-bond acceptors (Lipinski definition) is 4. The van der Waals surface area contributed by atoms with E-state index in [1.807, 2.05) is 6.92 Å². The molecule has 0 unspecified atom stereocenters. The Labute approximate surface area is 126 Å². The predicted molar refractivity (Wildman–Crippen MR) is 78.8 cm³/mol. The average Bonchev–Trinajstić information content (AvgIpc) is 2.49. The summed E-state index contributed by atoms with van der Waals surface area (Å²) in [7, 11) is 0. The first-order chi connectivity index (χ1) is 10.1. The Hall–Kier alpha value is -1.18. The van der Waals surface area contributed by atoms with Crippen LogP contribution in [0.25, 0.3) is 0 Å². The number of nitrogens with one attached hydrogen (secondary N) is 1. The van der Waals surface area contributed by atoms with Gasteiger partial charge in [-0.15, -0.1) is 0 Å². The maximum Gasteiger partial charge on any atom is 0.288 e. The molecule has 116 valence electrons. The molecule has 0 spiro atoms. The zero-order valence-electron chi connectivity index (χ0n) is 11.7. The van der Waals surface area contributed by atoms with Gasteiger partial charge >= 0.3 is 0 Å². The number of carbonyl (C=O) groups is 1. The molecule has 1 atom stereocenters. The van der Waals surface area contributed by atoms with E-state index in [9.17, 15) is 13.6 Å². The molecule has 1 aromatic carbocycles. The number of rotatable bonds is 5. The van der Waals surface area contributed by atoms with Crippen LogP contribution in [0.4, 0.5) is 14.5 Å². The van der Waals surface area contributed by atoms with E-state index >= 15 is 0 Å². The first kappa shape index (κ1) is 16.2. The lowest BCUT2D eigenvalue weighted by molar-refractivity contribution is -0.122. The fourth-order valence-electron chi connectivity index (χ4n) is 2.10. The molecule has 21 heavy (non-hydrogen) atoms. The van der Waals surface area contributed by atoms with Crippen LogP contribution in [0, 0.1) is 0 Å². The molecule has 1 aliphatic heterocycles. The third-order valence-corrected chi connectivity index (χ3v) is 4.04. The van der Waals surface area contributed by atoms with Crippen LogP contribution in [0.15, 0.2) is 29.2 Å². The highest BCUT2D eigenvalue weighted by molar-refractivity contribution is 7.99. The molecule has 0 radical (unpaired) electrons. The molecule has 1 aliphatic rings. The second-order valence-corrected chi connectivity index (χ2v) is 5.78. The van der Waals surface area contributed by atoms with Crippen molar-refractivity contribution in [2.45, 2.75) is 23.6 Å². The van der Waals surface area contributed by atoms with Gasteiger partial charge in [0.1, 0.15) is 0 Å². The Morgan fingerprint density at radius 2 is 1.90 bits per heavy atom. The maximum atomic E-state index is 12.2. The number of benzene rings is 1. The van der Waals surface area contributed by atoms with E-state index in [1.54, 1.807) is 24.3 Å². The van der Waals surface area contributed by atoms with Gasteiger partial charge in [-0.1, -0.05) is 11.8 Å². The van der Waals surface area contributed by atoms with Crippen molar-refractivity contribution in [2.24, 2.45) is 0 Å². The number of anilines is 1. The summed E-state index contributed by atoms with van der Waals surface area (Å²) < 4.78 is 29.7. The summed E-state index contributed by atoms with van der Waals surface area (Å²) in [5.74, 6) is -2.54. The van der Waals surface area contributed by atoms with Crippen molar-refractivity contribution < 1.29 is 18.3 Å². The van der Waals surface area contributed by atoms with Gasteiger partial charge in [-0.05, 0) is 31.2 Å². The Kier molecular flexibility index (Phi) is 5.96. The topological polar surface area (TPSA) is 41.6 Å². The van der Waals surface area contributed by atoms with Gasteiger partial charge in [-0.3, -0.25) is 9.69 Å². The Morgan fingerprint density at radius 1 is 1.29 bits per heavy atom. The monoisotopic (exact) mass is 316 g/mol. The van der Waals surface area contributed by atoms with Gasteiger partial charge < -0.3 is 10.1 Å². The Bertz CT molecular complexity index is 465. The van der Waals surface area contributed by atoms with Gasteiger partial charge in [0.25, 0.3) is 5.76 Å². The predicted octanol–water partition coefficient (Wildman–Crippen LogP) is 2.66. The van der Waals surface area contributed by atoms with E-state index in [0.29, 0.717) is 35.6 Å². The smallest absolute Gasteiger partial charge is 0.288 e. The minimum Gasteiger partial charge on any atom is -0.379 e. The Morgan fingerprint density at radius 3 is 2.48 bits per heavy atom. The lowest BCUT2D eigenvalue weighted by atomic mass is 10.2. The van der Waals surface area contributed by atoms with Crippen LogP contribution in [0.1, 0.15) is 6.92 Å². The van der Waals surface area contributed by atoms with Crippen molar-refractivity contribution in [3.8, 4) is 0 Å². The molecule has 1 N–H and O–H groups in total. The lowest BCUT2D eigenvalue weighted by Crippen LogP contribution is -2.47. The first-order valence-electron chi connectivity index (χ1n) is 6.74. The highest BCUT2D eigenvalue weighted by Crippen LogP contribution is 2.26. The average molecular weight is 316 g/mol. The molecule has 7 heteroatoms. The second-order valence-electron chi connectivity index (χ2n) is 4.72. The molecule has 0 aliphatic carbocycles. The fourth-order valence-corrected chi connectivity index (χ4v) is 2.60. The number of morpholine rings is 1. The van der Waals surface area contributed by atoms with Gasteiger partial charge in [0, 0.05) is 23.7 Å². The van der Waals surface area contributed by atoms with Crippen LogP contribution < -0.4 is 5.32 Å². The normalized spacial score (nSPS) is 17.7. The minimum absolute atomic E-state index is 0.105. The van der Waals surface area contributed by atoms with Crippen molar-refractivity contribution in [1.82, 2.24) is 4.90 Å². The molecule has 1 aromatic rings. The molecule has 0 saturated carbocycles. The van der Waals surface area contributed by atoms with Crippen molar-refractivity contribution in [2.75, 3.05) is 31.6 Å². The van der Waals surface area contributed by atoms with E-state index in [-0.39, 0.29) is 11.9 Å². The molecule has 0 bridgehead atoms. The summed E-state index contributed by atoms with van der Waals surface area (Å²) in [4.78, 5) is 14.7. The Balaban J connectivity index is 1.89. The standard InChI is InChI=1S/C14H18F2N2O2S/c1-10(18-6-8-20-9-7-18)13(19)17-11-2-4-12(5-3-11)21-14(15)16/h2-5,10,14H,6-9H2,1H3,(H,17,19)/t10-/m0/s1. The van der Waals surface area contributed by atoms with Crippen LogP contribution in [0.2, 0.25) is 0 Å². The van der Waals surface area contributed by atoms with E-state index < -0.39 is 5.76 Å². The summed E-state index contributed by atoms with van der Waals surface area (Å²) in [6.07, 6.45) is 0. The zero-order chi connectivity index (χ0) is 15.2. The summed E-state index contributed by atoms with van der Waals surface area (Å²) in [6, 6.07) is 6.17. The van der Waals surface area contributed by atoms with E-state index in [2.05, 4.69) is 10.2 Å². The van der Waals surface area contributed by atoms with Crippen LogP contribution in [0.5, 0.6) is 0 Å². The van der Waals surface area contributed by atoms with Gasteiger partial charge in [-0.25, -0.2) is 0 Å². The minimum atomic E-state index is -2.44. The zero-order valence-corrected chi connectivity index (χ0v) is 12.5. The highest BCUT2D eigenvalue weighted by Gasteiger charge is 2.23. The van der Waals surface area contributed by atoms with E-state index in [4.69, 9.17) is 4.74 Å². The van der Waals surface area contributed by atoms with Crippen molar-refractivity contribution in [3.05, 3.63) is 24.3 Å². The van der Waals surface area contributed by atoms with Crippen molar-refractivity contribution >= 4 is 23.4 Å². The second kappa shape index (κ2) is 7.72. The highest BCUT2D eigenvalue weighted by atomic mass is 32.2. The lowest BCUT2D eigenvalue weighted by Gasteiger charge is -2.31. The van der Waals surface area contributed by atoms with Crippen LogP contribution in [-0.4, -0.2) is 48.9 Å². The number of carbonyl (C=O) groups excluding carboxylic acids is 1. The van der Waals surface area contributed by atoms with Crippen LogP contribution in [0.3, 0.4) is 0 Å². The molecule has 1 amide bonds. The van der Waals surface area contributed by atoms with Gasteiger partial charge in [0.2, 0.25) is 5.91 Å². The first-order valence-corrected chi connectivity index (χ1v) is 7.62. The third kappa shape index (κ3) is 4.94. The third-order valence-electron chi connectivity index (χ3n) is 3.32. The number of alkyl halides is 2. The molecular weight excluding hydrogens is 298 g/mol. The molecular formula is C14H18F2N2O2S. The van der Waals surface area contributed by atoms with Crippen molar-refractivity contribution in [1.29, 1.82) is 0 Å². The van der Waals surface area contributed by atoms with Crippen LogP contribution >= 0.6 is 11.8 Å². The molecule has 1 heterocycles. The number of amides is 1. The van der Waals surface area contributed by atoms with E-state index in [0.717, 1.165) is 13.1 Å². The van der Waals surface area contributed by atoms with Gasteiger partial charge in [0.05, 0.1) is 19.3 Å². The number of halogens is 2. The maximum absolute atomic E-state index is 12.2. The van der Waals surface area contributed by atoms with Gasteiger partial charge in [-0.2, -0.15) is 8.78 Å². The fraction of sp³-hybridized carbons (Fsp3) is 0.500. The summed E-state index contributed by atoms with van der Waals surface area (Å²) in [5, 5.41) is 2.80. The molecule has 1 fully saturated rings. The molecule has 4 nitrogen and oxygen atoms in total. The van der Waals surface area contributed by atoms with Crippen molar-refractivity contribution in [3.63, 3.8) is 0 Å². The number of ether oxygens (including phenoxy) is 1. The SMILES string of the molecule is C[C@@H](C(=O)Nc1ccc(SC(F)F)cc1)N1CCOCC1. The van der Waals surface area contributed by atoms with E-state index in [1.165, 1.54) is 0 Å². The van der Waals surface area contributed by atoms with Gasteiger partial charge in [0.15, 0.2) is 0 Å². The summed E-state index contributed by atoms with van der Waals surface area (Å²) >= 11 is 0.487. The molecule has 0 aromatic heterocycles. The molecule has 1 saturated heterocycles. The van der Waals surface area contributed by atoms with Crippen LogP contribution in [-0.2, 0) is 9.53 Å². The number of nitrogens with zero attached hydrogens (tertiary/aromatic N) is 1. The summed E-state index contributed by atoms with van der Waals surface area (Å²) in [6.45, 7) is 4.59. The quantitative estimate of drug-likeness (QED) is 0.848. The number of hydrogen-bond donors (Lipinski definition) is 1. The summed E-state index contributed by atoms with van der Waals surface area (Å²) in [5.41, 5.74) is 0.610. The largest absolute Gasteiger partial charge is 0.379 e.